The number of aromatic nitrogens is 2. The number of nitrogens with two attached hydrogens (primary N) is 1. The van der Waals surface area contributed by atoms with Crippen LogP contribution < -0.4 is 16.2 Å². The number of thioether (sulfide) groups is 1. The van der Waals surface area contributed by atoms with Crippen molar-refractivity contribution in [3.63, 3.8) is 0 Å². The molecule has 2 heterocycles. The molecule has 0 spiro atoms. The van der Waals surface area contributed by atoms with E-state index in [2.05, 4.69) is 9.97 Å². The van der Waals surface area contributed by atoms with Crippen molar-refractivity contribution in [2.24, 2.45) is 0 Å². The summed E-state index contributed by atoms with van der Waals surface area (Å²) in [7, 11) is 0. The number of hydrogen-bond acceptors (Lipinski definition) is 5. The highest BCUT2D eigenvalue weighted by Crippen LogP contribution is 2.09. The first-order chi connectivity index (χ1) is 8.24. The number of hydrogen-bond donors (Lipinski definition) is 3. The van der Waals surface area contributed by atoms with Crippen molar-refractivity contribution in [1.82, 2.24) is 9.97 Å². The zero-order valence-electron chi connectivity index (χ0n) is 9.57. The van der Waals surface area contributed by atoms with Gasteiger partial charge in [-0.25, -0.2) is 4.98 Å². The lowest BCUT2D eigenvalue weighted by atomic mass is 10.4. The maximum atomic E-state index is 11.2. The molecule has 6 nitrogen and oxygen atoms in total. The molecule has 0 atom stereocenters. The van der Waals surface area contributed by atoms with Gasteiger partial charge < -0.3 is 20.4 Å². The molecule has 0 aromatic carbocycles. The number of nitrogens with one attached hydrogen (secondary N) is 2. The van der Waals surface area contributed by atoms with Gasteiger partial charge in [0.05, 0.1) is 25.5 Å². The van der Waals surface area contributed by atoms with Crippen LogP contribution in [0.4, 0.5) is 5.82 Å². The topological polar surface area (TPSA) is 85.4 Å². The molecule has 0 saturated carbocycles. The van der Waals surface area contributed by atoms with Gasteiger partial charge in [-0.15, -0.1) is 0 Å². The van der Waals surface area contributed by atoms with Crippen molar-refractivity contribution in [3.05, 3.63) is 16.4 Å². The number of anilines is 1. The molecule has 0 amide bonds. The average molecular weight is 257 g/mol. The molecular weight excluding hydrogens is 240 g/mol. The Balaban J connectivity index is 1.79. The van der Waals surface area contributed by atoms with E-state index in [9.17, 15) is 4.79 Å². The van der Waals surface area contributed by atoms with Gasteiger partial charge in [-0.3, -0.25) is 4.79 Å². The Bertz CT molecular complexity index is 417. The number of H-pyrrole nitrogens is 1. The first-order valence-electron chi connectivity index (χ1n) is 5.65. The van der Waals surface area contributed by atoms with Gasteiger partial charge in [-0.1, -0.05) is 11.8 Å². The molecule has 7 heteroatoms. The normalized spacial score (nSPS) is 17.2. The van der Waals surface area contributed by atoms with Crippen molar-refractivity contribution in [1.29, 1.82) is 0 Å². The third kappa shape index (κ3) is 4.03. The lowest BCUT2D eigenvalue weighted by molar-refractivity contribution is -0.905. The highest BCUT2D eigenvalue weighted by molar-refractivity contribution is 7.99. The molecule has 1 saturated heterocycles. The van der Waals surface area contributed by atoms with E-state index < -0.39 is 0 Å². The second-order valence-electron chi connectivity index (χ2n) is 3.94. The molecule has 0 bridgehead atoms. The van der Waals surface area contributed by atoms with E-state index in [0.717, 1.165) is 38.6 Å². The molecule has 2 rings (SSSR count). The number of nitrogens with zero attached hydrogens (tertiary/aromatic N) is 1. The Hall–Kier alpha value is -1.05. The fourth-order valence-corrected chi connectivity index (χ4v) is 2.65. The number of ether oxygens (including phenoxy) is 1. The fourth-order valence-electron chi connectivity index (χ4n) is 1.72. The lowest BCUT2D eigenvalue weighted by Crippen LogP contribution is -3.14. The van der Waals surface area contributed by atoms with Crippen LogP contribution in [0.25, 0.3) is 0 Å². The predicted octanol–water partition coefficient (Wildman–Crippen LogP) is -1.64. The molecule has 1 fully saturated rings. The molecule has 1 aromatic rings. The van der Waals surface area contributed by atoms with Gasteiger partial charge >= 0.3 is 0 Å². The predicted molar refractivity (Wildman–Crippen MR) is 66.4 cm³/mol. The summed E-state index contributed by atoms with van der Waals surface area (Å²) >= 11 is 1.53. The van der Waals surface area contributed by atoms with Gasteiger partial charge in [0.15, 0.2) is 5.16 Å². The summed E-state index contributed by atoms with van der Waals surface area (Å²) in [6, 6.07) is 1.29. The van der Waals surface area contributed by atoms with Crippen LogP contribution >= 0.6 is 11.8 Å². The van der Waals surface area contributed by atoms with Crippen LogP contribution in [0.2, 0.25) is 0 Å². The van der Waals surface area contributed by atoms with Gasteiger partial charge in [0.1, 0.15) is 18.9 Å². The zero-order valence-corrected chi connectivity index (χ0v) is 10.4. The number of rotatable bonds is 4. The summed E-state index contributed by atoms with van der Waals surface area (Å²) in [5.41, 5.74) is 5.31. The van der Waals surface area contributed by atoms with Gasteiger partial charge in [0.25, 0.3) is 5.56 Å². The van der Waals surface area contributed by atoms with Crippen LogP contribution in [0.5, 0.6) is 0 Å². The maximum Gasteiger partial charge on any atom is 0.253 e. The number of nitrogen functional groups attached to an aromatic ring is 1. The van der Waals surface area contributed by atoms with Crippen molar-refractivity contribution >= 4 is 17.6 Å². The molecule has 1 aliphatic rings. The fraction of sp³-hybridized carbons (Fsp3) is 0.600. The molecule has 0 radical (unpaired) electrons. The van der Waals surface area contributed by atoms with Gasteiger partial charge in [-0.05, 0) is 0 Å². The Morgan fingerprint density at radius 3 is 3.00 bits per heavy atom. The van der Waals surface area contributed by atoms with E-state index in [0.29, 0.717) is 5.16 Å². The smallest absolute Gasteiger partial charge is 0.253 e. The molecule has 1 aliphatic heterocycles. The minimum Gasteiger partial charge on any atom is -0.383 e. The summed E-state index contributed by atoms with van der Waals surface area (Å²) in [6.45, 7) is 4.84. The largest absolute Gasteiger partial charge is 0.383 e. The molecule has 1 aromatic heterocycles. The zero-order chi connectivity index (χ0) is 12.1. The van der Waals surface area contributed by atoms with Gasteiger partial charge in [0.2, 0.25) is 0 Å². The van der Waals surface area contributed by atoms with E-state index >= 15 is 0 Å². The molecule has 17 heavy (non-hydrogen) atoms. The summed E-state index contributed by atoms with van der Waals surface area (Å²) in [5, 5.41) is 0.600. The summed E-state index contributed by atoms with van der Waals surface area (Å²) in [4.78, 5) is 19.4. The van der Waals surface area contributed by atoms with E-state index in [-0.39, 0.29) is 11.4 Å². The lowest BCUT2D eigenvalue weighted by Gasteiger charge is -2.23. The summed E-state index contributed by atoms with van der Waals surface area (Å²) < 4.78 is 5.29. The van der Waals surface area contributed by atoms with E-state index in [1.165, 1.54) is 22.7 Å². The molecule has 94 valence electrons. The molecular formula is C10H17N4O2S+. The van der Waals surface area contributed by atoms with Crippen LogP contribution in [0.15, 0.2) is 16.0 Å². The highest BCUT2D eigenvalue weighted by atomic mass is 32.2. The van der Waals surface area contributed by atoms with Crippen molar-refractivity contribution in [3.8, 4) is 0 Å². The monoisotopic (exact) mass is 257 g/mol. The first kappa shape index (κ1) is 12.4. The molecule has 4 N–H and O–H groups in total. The maximum absolute atomic E-state index is 11.2. The van der Waals surface area contributed by atoms with E-state index in [1.807, 2.05) is 0 Å². The minimum atomic E-state index is -0.196. The molecule has 0 unspecified atom stereocenters. The van der Waals surface area contributed by atoms with E-state index in [1.54, 1.807) is 0 Å². The Morgan fingerprint density at radius 1 is 1.53 bits per heavy atom. The third-order valence-electron chi connectivity index (χ3n) is 2.63. The number of morpholine rings is 1. The second kappa shape index (κ2) is 6.04. The first-order valence-corrected chi connectivity index (χ1v) is 6.63. The minimum absolute atomic E-state index is 0.196. The summed E-state index contributed by atoms with van der Waals surface area (Å²) in [6.07, 6.45) is 0. The number of quaternary nitrogens is 1. The van der Waals surface area contributed by atoms with Crippen LogP contribution in [0.1, 0.15) is 0 Å². The van der Waals surface area contributed by atoms with Crippen LogP contribution in [-0.4, -0.2) is 48.6 Å². The Morgan fingerprint density at radius 2 is 2.29 bits per heavy atom. The van der Waals surface area contributed by atoms with Crippen LogP contribution in [-0.2, 0) is 4.74 Å². The van der Waals surface area contributed by atoms with Gasteiger partial charge in [-0.2, -0.15) is 0 Å². The Labute approximate surface area is 104 Å². The van der Waals surface area contributed by atoms with Crippen molar-refractivity contribution < 1.29 is 9.64 Å². The van der Waals surface area contributed by atoms with Crippen LogP contribution in [0, 0.1) is 0 Å². The summed E-state index contributed by atoms with van der Waals surface area (Å²) in [5.74, 6) is 1.19. The highest BCUT2D eigenvalue weighted by Gasteiger charge is 2.13. The molecule has 0 aliphatic carbocycles. The average Bonchev–Trinajstić information content (AvgIpc) is 2.29. The van der Waals surface area contributed by atoms with Gasteiger partial charge in [0, 0.05) is 6.07 Å². The SMILES string of the molecule is Nc1cc(=O)[nH]c(SCC[NH+]2CCOCC2)n1. The quantitative estimate of drug-likeness (QED) is 0.445. The van der Waals surface area contributed by atoms with E-state index in [4.69, 9.17) is 10.5 Å². The van der Waals surface area contributed by atoms with Crippen molar-refractivity contribution in [2.75, 3.05) is 44.3 Å². The van der Waals surface area contributed by atoms with Crippen LogP contribution in [0.3, 0.4) is 0 Å². The number of aromatic amines is 1. The standard InChI is InChI=1S/C10H16N4O2S/c11-8-7-9(15)13-10(12-8)17-6-3-14-1-4-16-5-2-14/h7H,1-6H2,(H3,11,12,13,15)/p+1. The Kier molecular flexibility index (Phi) is 4.41. The van der Waals surface area contributed by atoms with Crippen molar-refractivity contribution in [2.45, 2.75) is 5.16 Å². The second-order valence-corrected chi connectivity index (χ2v) is 5.02. The third-order valence-corrected chi connectivity index (χ3v) is 3.51.